The van der Waals surface area contributed by atoms with E-state index in [1.165, 1.54) is 6.07 Å². The van der Waals surface area contributed by atoms with E-state index < -0.39 is 11.9 Å². The number of esters is 1. The molecule has 35 heavy (non-hydrogen) atoms. The highest BCUT2D eigenvalue weighted by molar-refractivity contribution is 6.30. The largest absolute Gasteiger partial charge is 0.504 e. The third-order valence-corrected chi connectivity index (χ3v) is 6.60. The maximum Gasteiger partial charge on any atom is 0.337 e. The number of ether oxygens (including phenoxy) is 2. The highest BCUT2D eigenvalue weighted by atomic mass is 35.5. The van der Waals surface area contributed by atoms with E-state index in [1.54, 1.807) is 26.0 Å². The van der Waals surface area contributed by atoms with E-state index in [0.717, 1.165) is 11.3 Å². The fourth-order valence-corrected chi connectivity index (χ4v) is 5.00. The van der Waals surface area contributed by atoms with E-state index in [1.807, 2.05) is 38.1 Å². The number of hydrogen-bond acceptors (Lipinski definition) is 6. The predicted molar refractivity (Wildman–Crippen MR) is 135 cm³/mol. The Morgan fingerprint density at radius 2 is 1.83 bits per heavy atom. The van der Waals surface area contributed by atoms with Crippen molar-refractivity contribution >= 4 is 23.4 Å². The quantitative estimate of drug-likeness (QED) is 0.496. The van der Waals surface area contributed by atoms with Gasteiger partial charge in [-0.3, -0.25) is 4.79 Å². The van der Waals surface area contributed by atoms with Gasteiger partial charge in [0, 0.05) is 34.3 Å². The van der Waals surface area contributed by atoms with Crippen LogP contribution in [0.2, 0.25) is 5.02 Å². The lowest BCUT2D eigenvalue weighted by Gasteiger charge is -2.37. The van der Waals surface area contributed by atoms with Crippen LogP contribution in [0.4, 0.5) is 0 Å². The second-order valence-corrected chi connectivity index (χ2v) is 9.62. The molecule has 0 aromatic heterocycles. The van der Waals surface area contributed by atoms with Crippen LogP contribution in [0.5, 0.6) is 11.5 Å². The molecule has 0 saturated carbocycles. The van der Waals surface area contributed by atoms with E-state index in [-0.39, 0.29) is 23.6 Å². The minimum absolute atomic E-state index is 0.00226. The normalized spacial score (nSPS) is 20.0. The molecule has 1 aliphatic carbocycles. The predicted octanol–water partition coefficient (Wildman–Crippen LogP) is 5.76. The first-order valence-electron chi connectivity index (χ1n) is 11.9. The van der Waals surface area contributed by atoms with Crippen LogP contribution in [0.15, 0.2) is 65.0 Å². The molecule has 0 bridgehead atoms. The minimum Gasteiger partial charge on any atom is -0.504 e. The molecule has 7 heteroatoms. The van der Waals surface area contributed by atoms with Gasteiger partial charge in [-0.15, -0.1) is 0 Å². The van der Waals surface area contributed by atoms with Gasteiger partial charge in [0.25, 0.3) is 0 Å². The Morgan fingerprint density at radius 3 is 2.49 bits per heavy atom. The molecule has 2 aromatic carbocycles. The molecule has 1 heterocycles. The van der Waals surface area contributed by atoms with Gasteiger partial charge in [0.2, 0.25) is 0 Å². The van der Waals surface area contributed by atoms with Gasteiger partial charge in [-0.25, -0.2) is 4.79 Å². The molecule has 2 atom stereocenters. The molecular formula is C28H30ClNO5. The van der Waals surface area contributed by atoms with Gasteiger partial charge >= 0.3 is 5.97 Å². The number of phenolic OH excluding ortho intramolecular Hbond substituents is 1. The summed E-state index contributed by atoms with van der Waals surface area (Å²) < 4.78 is 11.2. The molecule has 0 radical (unpaired) electrons. The third-order valence-electron chi connectivity index (χ3n) is 6.35. The number of ketones is 1. The molecule has 2 aromatic rings. The number of halogens is 1. The van der Waals surface area contributed by atoms with Crippen LogP contribution >= 0.6 is 11.6 Å². The van der Waals surface area contributed by atoms with Crippen LogP contribution in [0.1, 0.15) is 63.5 Å². The number of nitrogens with one attached hydrogen (secondary N) is 1. The zero-order valence-electron chi connectivity index (χ0n) is 20.4. The van der Waals surface area contributed by atoms with Crippen molar-refractivity contribution in [3.8, 4) is 11.5 Å². The molecule has 4 rings (SSSR count). The number of allylic oxidation sites excluding steroid dienone is 3. The lowest BCUT2D eigenvalue weighted by atomic mass is 9.71. The Morgan fingerprint density at radius 1 is 1.14 bits per heavy atom. The monoisotopic (exact) mass is 495 g/mol. The average Bonchev–Trinajstić information content (AvgIpc) is 2.79. The van der Waals surface area contributed by atoms with Crippen molar-refractivity contribution in [2.45, 2.75) is 58.5 Å². The Kier molecular flexibility index (Phi) is 7.22. The highest BCUT2D eigenvalue weighted by Gasteiger charge is 2.41. The summed E-state index contributed by atoms with van der Waals surface area (Å²) in [4.78, 5) is 26.9. The van der Waals surface area contributed by atoms with Crippen LogP contribution in [-0.2, 0) is 14.3 Å². The van der Waals surface area contributed by atoms with Crippen LogP contribution in [0.3, 0.4) is 0 Å². The first-order valence-corrected chi connectivity index (χ1v) is 12.2. The molecule has 0 saturated heterocycles. The Labute approximate surface area is 210 Å². The average molecular weight is 496 g/mol. The summed E-state index contributed by atoms with van der Waals surface area (Å²) in [6, 6.07) is 12.5. The van der Waals surface area contributed by atoms with Crippen molar-refractivity contribution in [2.24, 2.45) is 0 Å². The van der Waals surface area contributed by atoms with Crippen molar-refractivity contribution in [3.05, 3.63) is 81.2 Å². The molecule has 0 unspecified atom stereocenters. The van der Waals surface area contributed by atoms with Crippen molar-refractivity contribution in [1.82, 2.24) is 5.32 Å². The number of carbonyl (C=O) groups excluding carboxylic acids is 2. The number of hydrogen-bond donors (Lipinski definition) is 2. The highest BCUT2D eigenvalue weighted by Crippen LogP contribution is 2.47. The number of benzene rings is 2. The lowest BCUT2D eigenvalue weighted by Crippen LogP contribution is -2.36. The molecular weight excluding hydrogens is 466 g/mol. The molecule has 0 fully saturated rings. The van der Waals surface area contributed by atoms with Crippen LogP contribution in [-0.4, -0.2) is 29.6 Å². The number of dihydropyridines is 1. The van der Waals surface area contributed by atoms with Gasteiger partial charge in [-0.05, 0) is 75.4 Å². The van der Waals surface area contributed by atoms with Crippen molar-refractivity contribution in [3.63, 3.8) is 0 Å². The summed E-state index contributed by atoms with van der Waals surface area (Å²) in [5.41, 5.74) is 4.13. The van der Waals surface area contributed by atoms with Gasteiger partial charge in [0.05, 0.1) is 18.3 Å². The Bertz CT molecular complexity index is 1210. The lowest BCUT2D eigenvalue weighted by molar-refractivity contribution is -0.143. The number of carbonyl (C=O) groups is 2. The molecule has 2 aliphatic rings. The van der Waals surface area contributed by atoms with Crippen molar-refractivity contribution < 1.29 is 24.2 Å². The van der Waals surface area contributed by atoms with Gasteiger partial charge in [-0.2, -0.15) is 0 Å². The summed E-state index contributed by atoms with van der Waals surface area (Å²) in [6.07, 6.45) is 0.633. The third kappa shape index (κ3) is 5.08. The maximum absolute atomic E-state index is 13.7. The molecule has 0 spiro atoms. The topological polar surface area (TPSA) is 84.9 Å². The van der Waals surface area contributed by atoms with Crippen molar-refractivity contribution in [2.75, 3.05) is 6.61 Å². The van der Waals surface area contributed by atoms with Crippen LogP contribution in [0.25, 0.3) is 0 Å². The van der Waals surface area contributed by atoms with Gasteiger partial charge < -0.3 is 19.9 Å². The SMILES string of the molecule is CCOc1cc([C@H]2C(C(=O)OC(C)C)=C(C)NC3=C2C(=O)C[C@H](c2ccc(Cl)cc2)C3)ccc1O. The van der Waals surface area contributed by atoms with Crippen LogP contribution < -0.4 is 10.1 Å². The summed E-state index contributed by atoms with van der Waals surface area (Å²) in [7, 11) is 0. The second kappa shape index (κ2) is 10.2. The van der Waals surface area contributed by atoms with Crippen LogP contribution in [0, 0.1) is 0 Å². The molecule has 1 aliphatic heterocycles. The number of aromatic hydroxyl groups is 1. The summed E-state index contributed by atoms with van der Waals surface area (Å²) in [5.74, 6) is -0.818. The zero-order chi connectivity index (χ0) is 25.3. The van der Waals surface area contributed by atoms with Gasteiger partial charge in [-0.1, -0.05) is 29.8 Å². The Balaban J connectivity index is 1.81. The molecule has 2 N–H and O–H groups in total. The summed E-state index contributed by atoms with van der Waals surface area (Å²) in [5, 5.41) is 14.2. The van der Waals surface area contributed by atoms with E-state index >= 15 is 0 Å². The summed E-state index contributed by atoms with van der Waals surface area (Å²) >= 11 is 6.06. The number of phenols is 1. The molecule has 0 amide bonds. The first-order chi connectivity index (χ1) is 16.7. The van der Waals surface area contributed by atoms with E-state index in [0.29, 0.717) is 52.6 Å². The van der Waals surface area contributed by atoms with Gasteiger partial charge in [0.15, 0.2) is 17.3 Å². The smallest absolute Gasteiger partial charge is 0.337 e. The minimum atomic E-state index is -0.629. The number of rotatable bonds is 6. The first kappa shape index (κ1) is 24.9. The standard InChI is InChI=1S/C28H30ClNO5/c1-5-34-24-14-18(8-11-22(24)31)26-25(28(33)35-15(2)3)16(4)30-21-12-19(13-23(32)27(21)26)17-6-9-20(29)10-7-17/h6-11,14-15,19,26,30-31H,5,12-13H2,1-4H3/t19-,26+/m1/s1. The van der Waals surface area contributed by atoms with Gasteiger partial charge in [0.1, 0.15) is 0 Å². The molecule has 184 valence electrons. The second-order valence-electron chi connectivity index (χ2n) is 9.18. The fraction of sp³-hybridized carbons (Fsp3) is 0.357. The molecule has 6 nitrogen and oxygen atoms in total. The fourth-order valence-electron chi connectivity index (χ4n) is 4.87. The number of Topliss-reactive ketones (excluding diaryl/α,β-unsaturated/α-hetero) is 1. The van der Waals surface area contributed by atoms with E-state index in [4.69, 9.17) is 21.1 Å². The maximum atomic E-state index is 13.7. The Hall–Kier alpha value is -3.25. The zero-order valence-corrected chi connectivity index (χ0v) is 21.1. The van der Waals surface area contributed by atoms with E-state index in [2.05, 4.69) is 5.32 Å². The summed E-state index contributed by atoms with van der Waals surface area (Å²) in [6.45, 7) is 7.61. The van der Waals surface area contributed by atoms with Crippen molar-refractivity contribution in [1.29, 1.82) is 0 Å². The van der Waals surface area contributed by atoms with E-state index in [9.17, 15) is 14.7 Å².